The molecule has 0 aromatic rings. The molecule has 0 bridgehead atoms. The van der Waals surface area contributed by atoms with E-state index in [0.717, 1.165) is 0 Å². The molecule has 3 N–H and O–H groups in total. The zero-order valence-corrected chi connectivity index (χ0v) is 8.27. The first kappa shape index (κ1) is 8.73. The van der Waals surface area contributed by atoms with Gasteiger partial charge in [0.15, 0.2) is 0 Å². The lowest BCUT2D eigenvalue weighted by Gasteiger charge is -2.29. The molecule has 0 amide bonds. The van der Waals surface area contributed by atoms with E-state index in [1.165, 1.54) is 6.08 Å². The molecule has 0 unspecified atom stereocenters. The van der Waals surface area contributed by atoms with Crippen LogP contribution in [0, 0.1) is 0 Å². The van der Waals surface area contributed by atoms with Gasteiger partial charge < -0.3 is 20.1 Å². The summed E-state index contributed by atoms with van der Waals surface area (Å²) in [7, 11) is 0.680. The number of rotatable bonds is 1. The van der Waals surface area contributed by atoms with Crippen LogP contribution in [0.3, 0.4) is 0 Å². The van der Waals surface area contributed by atoms with Gasteiger partial charge in [0.25, 0.3) is 0 Å². The van der Waals surface area contributed by atoms with Gasteiger partial charge >= 0.3 is 0 Å². The minimum Gasteiger partial charge on any atom is -0.496 e. The minimum atomic E-state index is -1.00. The van der Waals surface area contributed by atoms with E-state index >= 15 is 0 Å². The van der Waals surface area contributed by atoms with Crippen LogP contribution in [0.4, 0.5) is 0 Å². The van der Waals surface area contributed by atoms with Crippen LogP contribution in [0.1, 0.15) is 0 Å². The van der Waals surface area contributed by atoms with Crippen molar-refractivity contribution < 1.29 is 20.1 Å². The van der Waals surface area contributed by atoms with Crippen molar-refractivity contribution in [2.75, 3.05) is 6.61 Å². The third-order valence-electron chi connectivity index (χ3n) is 1.65. The molecular formula is C6H12O4Si. The Morgan fingerprint density at radius 3 is 2.73 bits per heavy atom. The van der Waals surface area contributed by atoms with Crippen LogP contribution in [0.2, 0.25) is 0 Å². The van der Waals surface area contributed by atoms with Gasteiger partial charge in [0.2, 0.25) is 0 Å². The number of hydrogen-bond acceptors (Lipinski definition) is 4. The second kappa shape index (κ2) is 3.36. The van der Waals surface area contributed by atoms with Gasteiger partial charge in [-0.2, -0.15) is 0 Å². The van der Waals surface area contributed by atoms with Crippen molar-refractivity contribution in [1.82, 2.24) is 0 Å². The number of ether oxygens (including phenoxy) is 1. The van der Waals surface area contributed by atoms with E-state index in [4.69, 9.17) is 14.9 Å². The molecule has 5 heteroatoms. The molecule has 3 atom stereocenters. The van der Waals surface area contributed by atoms with Gasteiger partial charge in [-0.3, -0.25) is 0 Å². The zero-order valence-electron chi connectivity index (χ0n) is 6.27. The molecule has 1 rings (SSSR count). The second-order valence-corrected chi connectivity index (χ2v) is 3.58. The van der Waals surface area contributed by atoms with E-state index < -0.39 is 18.3 Å². The van der Waals surface area contributed by atoms with Crippen molar-refractivity contribution in [3.63, 3.8) is 0 Å². The van der Waals surface area contributed by atoms with Crippen LogP contribution in [-0.4, -0.2) is 50.5 Å². The summed E-state index contributed by atoms with van der Waals surface area (Å²) in [6.07, 6.45) is -1.09. The summed E-state index contributed by atoms with van der Waals surface area (Å²) in [6, 6.07) is 0. The minimum absolute atomic E-state index is 0.266. The van der Waals surface area contributed by atoms with E-state index in [9.17, 15) is 5.11 Å². The van der Waals surface area contributed by atoms with Gasteiger partial charge in [0.05, 0.1) is 22.2 Å². The Balaban J connectivity index is 2.67. The predicted molar refractivity (Wildman–Crippen MR) is 42.0 cm³/mol. The van der Waals surface area contributed by atoms with E-state index in [-0.39, 0.29) is 6.61 Å². The Bertz CT molecular complexity index is 170. The van der Waals surface area contributed by atoms with Crippen molar-refractivity contribution in [3.8, 4) is 0 Å². The fourth-order valence-corrected chi connectivity index (χ4v) is 1.70. The van der Waals surface area contributed by atoms with Crippen LogP contribution in [-0.2, 0) is 4.74 Å². The van der Waals surface area contributed by atoms with Crippen LogP contribution < -0.4 is 0 Å². The zero-order chi connectivity index (χ0) is 8.43. The fraction of sp³-hybridized carbons (Fsp3) is 0.667. The average Bonchev–Trinajstić information content (AvgIpc) is 1.96. The van der Waals surface area contributed by atoms with E-state index in [1.807, 2.05) is 0 Å². The first-order valence-electron chi connectivity index (χ1n) is 3.47. The van der Waals surface area contributed by atoms with Crippen molar-refractivity contribution in [1.29, 1.82) is 0 Å². The maximum atomic E-state index is 9.19. The summed E-state index contributed by atoms with van der Waals surface area (Å²) >= 11 is 0. The molecule has 0 fully saturated rings. The molecule has 0 aliphatic carbocycles. The van der Waals surface area contributed by atoms with Gasteiger partial charge in [-0.15, -0.1) is 0 Å². The smallest absolute Gasteiger partial charge is 0.149 e. The van der Waals surface area contributed by atoms with Crippen molar-refractivity contribution in [2.45, 2.75) is 18.3 Å². The first-order valence-corrected chi connectivity index (χ1v) is 4.47. The average molecular weight is 176 g/mol. The van der Waals surface area contributed by atoms with Gasteiger partial charge in [-0.25, -0.2) is 0 Å². The predicted octanol–water partition coefficient (Wildman–Crippen LogP) is -2.69. The lowest BCUT2D eigenvalue weighted by Crippen LogP contribution is -2.43. The molecule has 0 radical (unpaired) electrons. The molecule has 64 valence electrons. The summed E-state index contributed by atoms with van der Waals surface area (Å²) in [5.74, 6) is 0. The molecule has 0 aromatic carbocycles. The summed E-state index contributed by atoms with van der Waals surface area (Å²) in [5, 5.41) is 27.7. The Morgan fingerprint density at radius 2 is 2.18 bits per heavy atom. The standard InChI is InChI=1S/C6H12O4Si/c7-2-4-6(9)3(8)1-5(11)10-4/h1,3-4,6-9H,2H2,11H3/t3-,4-,6-/m1/s1. The Kier molecular flexibility index (Phi) is 2.66. The van der Waals surface area contributed by atoms with E-state index in [2.05, 4.69) is 0 Å². The van der Waals surface area contributed by atoms with Gasteiger partial charge in [-0.05, 0) is 6.08 Å². The Morgan fingerprint density at radius 1 is 1.55 bits per heavy atom. The SMILES string of the molecule is OC[C@H]1OC([SiH3])=C[C@@H](O)[C@H]1O. The summed E-state index contributed by atoms with van der Waals surface area (Å²) in [4.78, 5) is 0. The lowest BCUT2D eigenvalue weighted by atomic mass is 10.1. The highest BCUT2D eigenvalue weighted by atomic mass is 28.1. The quantitative estimate of drug-likeness (QED) is 0.380. The normalized spacial score (nSPS) is 38.1. The Labute approximate surface area is 67.5 Å². The molecule has 0 aromatic heterocycles. The van der Waals surface area contributed by atoms with Gasteiger partial charge in [0.1, 0.15) is 18.3 Å². The highest BCUT2D eigenvalue weighted by Gasteiger charge is 2.29. The van der Waals surface area contributed by atoms with Gasteiger partial charge in [0, 0.05) is 0 Å². The van der Waals surface area contributed by atoms with Crippen LogP contribution in [0.25, 0.3) is 0 Å². The monoisotopic (exact) mass is 176 g/mol. The molecule has 0 saturated heterocycles. The Hall–Kier alpha value is -0.363. The number of aliphatic hydroxyl groups is 3. The molecule has 11 heavy (non-hydrogen) atoms. The topological polar surface area (TPSA) is 69.9 Å². The van der Waals surface area contributed by atoms with Gasteiger partial charge in [-0.1, -0.05) is 0 Å². The summed E-state index contributed by atoms with van der Waals surface area (Å²) < 4.78 is 5.08. The van der Waals surface area contributed by atoms with Crippen molar-refractivity contribution in [3.05, 3.63) is 11.5 Å². The molecular weight excluding hydrogens is 164 g/mol. The maximum absolute atomic E-state index is 9.19. The van der Waals surface area contributed by atoms with E-state index in [1.54, 1.807) is 0 Å². The highest BCUT2D eigenvalue weighted by molar-refractivity contribution is 6.20. The largest absolute Gasteiger partial charge is 0.496 e. The van der Waals surface area contributed by atoms with Crippen molar-refractivity contribution >= 4 is 10.2 Å². The molecule has 4 nitrogen and oxygen atoms in total. The van der Waals surface area contributed by atoms with Crippen LogP contribution in [0.15, 0.2) is 11.5 Å². The molecule has 1 heterocycles. The summed E-state index contributed by atoms with van der Waals surface area (Å²) in [6.45, 7) is -0.266. The second-order valence-electron chi connectivity index (χ2n) is 2.60. The molecule has 0 spiro atoms. The molecule has 0 saturated carbocycles. The molecule has 1 aliphatic heterocycles. The third kappa shape index (κ3) is 1.81. The fourth-order valence-electron chi connectivity index (χ4n) is 1.05. The first-order chi connectivity index (χ1) is 5.15. The third-order valence-corrected chi connectivity index (χ3v) is 2.22. The van der Waals surface area contributed by atoms with Crippen LogP contribution in [0.5, 0.6) is 0 Å². The number of hydrogen-bond donors (Lipinski definition) is 3. The number of aliphatic hydroxyl groups excluding tert-OH is 3. The molecule has 1 aliphatic rings. The van der Waals surface area contributed by atoms with Crippen molar-refractivity contribution in [2.24, 2.45) is 0 Å². The van der Waals surface area contributed by atoms with E-state index in [0.29, 0.717) is 15.6 Å². The highest BCUT2D eigenvalue weighted by Crippen LogP contribution is 2.15. The maximum Gasteiger partial charge on any atom is 0.149 e. The summed E-state index contributed by atoms with van der Waals surface area (Å²) in [5.41, 5.74) is 0. The van der Waals surface area contributed by atoms with Crippen LogP contribution >= 0.6 is 0 Å². The lowest BCUT2D eigenvalue weighted by molar-refractivity contribution is -0.0847.